The van der Waals surface area contributed by atoms with Gasteiger partial charge in [0.2, 0.25) is 5.91 Å². The average Bonchev–Trinajstić information content (AvgIpc) is 3.33. The van der Waals surface area contributed by atoms with Crippen molar-refractivity contribution in [1.29, 1.82) is 0 Å². The third kappa shape index (κ3) is 5.32. The summed E-state index contributed by atoms with van der Waals surface area (Å²) in [5.41, 5.74) is 1.16. The molecule has 5 heteroatoms. The third-order valence-corrected chi connectivity index (χ3v) is 5.92. The van der Waals surface area contributed by atoms with Crippen LogP contribution in [-0.2, 0) is 4.79 Å². The fourth-order valence-corrected chi connectivity index (χ4v) is 4.45. The van der Waals surface area contributed by atoms with Crippen molar-refractivity contribution in [2.24, 2.45) is 0 Å². The zero-order valence-corrected chi connectivity index (χ0v) is 16.7. The van der Waals surface area contributed by atoms with E-state index in [1.54, 1.807) is 6.07 Å². The van der Waals surface area contributed by atoms with Gasteiger partial charge in [0.25, 0.3) is 5.91 Å². The Labute approximate surface area is 162 Å². The number of hydrogen-bond acceptors (Lipinski definition) is 3. The molecule has 1 aromatic rings. The maximum absolute atomic E-state index is 12.7. The summed E-state index contributed by atoms with van der Waals surface area (Å²) in [6.07, 6.45) is 9.29. The minimum absolute atomic E-state index is 0.0447. The minimum atomic E-state index is -0.0886. The van der Waals surface area contributed by atoms with Crippen LogP contribution in [0.5, 0.6) is 0 Å². The number of rotatable bonds is 7. The Morgan fingerprint density at radius 2 is 1.67 bits per heavy atom. The second kappa shape index (κ2) is 9.36. The summed E-state index contributed by atoms with van der Waals surface area (Å²) in [7, 11) is 0. The number of benzene rings is 1. The quantitative estimate of drug-likeness (QED) is 0.763. The predicted octanol–water partition coefficient (Wildman–Crippen LogP) is 3.95. The molecule has 0 heterocycles. The van der Waals surface area contributed by atoms with Crippen molar-refractivity contribution in [3.05, 3.63) is 29.8 Å². The van der Waals surface area contributed by atoms with E-state index >= 15 is 0 Å². The van der Waals surface area contributed by atoms with Crippen LogP contribution in [0, 0.1) is 0 Å². The molecule has 0 bridgehead atoms. The SMILES string of the molecule is CC(C)N(CC(=O)Nc1ccccc1C(=O)NC1CCCC1)C1CCCC1. The molecule has 27 heavy (non-hydrogen) atoms. The molecule has 0 saturated heterocycles. The molecule has 0 atom stereocenters. The lowest BCUT2D eigenvalue weighted by Crippen LogP contribution is -2.44. The molecule has 0 radical (unpaired) electrons. The van der Waals surface area contributed by atoms with Crippen LogP contribution in [0.3, 0.4) is 0 Å². The van der Waals surface area contributed by atoms with Crippen molar-refractivity contribution >= 4 is 17.5 Å². The second-order valence-corrected chi connectivity index (χ2v) is 8.25. The van der Waals surface area contributed by atoms with E-state index in [2.05, 4.69) is 29.4 Å². The Morgan fingerprint density at radius 3 is 2.33 bits per heavy atom. The number of nitrogens with zero attached hydrogens (tertiary/aromatic N) is 1. The lowest BCUT2D eigenvalue weighted by atomic mass is 10.1. The normalized spacial score (nSPS) is 18.4. The smallest absolute Gasteiger partial charge is 0.253 e. The lowest BCUT2D eigenvalue weighted by Gasteiger charge is -2.32. The Morgan fingerprint density at radius 1 is 1.04 bits per heavy atom. The first-order valence-corrected chi connectivity index (χ1v) is 10.5. The van der Waals surface area contributed by atoms with Gasteiger partial charge in [-0.05, 0) is 51.7 Å². The summed E-state index contributed by atoms with van der Waals surface area (Å²) in [4.78, 5) is 27.7. The third-order valence-electron chi connectivity index (χ3n) is 5.92. The van der Waals surface area contributed by atoms with Crippen molar-refractivity contribution in [3.8, 4) is 0 Å². The lowest BCUT2D eigenvalue weighted by molar-refractivity contribution is -0.118. The van der Waals surface area contributed by atoms with E-state index in [0.29, 0.717) is 29.9 Å². The number of anilines is 1. The largest absolute Gasteiger partial charge is 0.349 e. The molecule has 2 saturated carbocycles. The van der Waals surface area contributed by atoms with Gasteiger partial charge in [-0.2, -0.15) is 0 Å². The van der Waals surface area contributed by atoms with E-state index in [1.165, 1.54) is 38.5 Å². The zero-order valence-electron chi connectivity index (χ0n) is 16.7. The number of para-hydroxylation sites is 1. The molecule has 2 amide bonds. The molecule has 0 aliphatic heterocycles. The van der Waals surface area contributed by atoms with Gasteiger partial charge < -0.3 is 10.6 Å². The highest BCUT2D eigenvalue weighted by atomic mass is 16.2. The Bertz CT molecular complexity index is 647. The summed E-state index contributed by atoms with van der Waals surface area (Å²) < 4.78 is 0. The van der Waals surface area contributed by atoms with E-state index in [0.717, 1.165) is 12.8 Å². The number of amides is 2. The van der Waals surface area contributed by atoms with E-state index < -0.39 is 0 Å². The van der Waals surface area contributed by atoms with Gasteiger partial charge in [-0.25, -0.2) is 0 Å². The molecule has 2 aliphatic rings. The van der Waals surface area contributed by atoms with Gasteiger partial charge in [-0.15, -0.1) is 0 Å². The predicted molar refractivity (Wildman–Crippen MR) is 109 cm³/mol. The van der Waals surface area contributed by atoms with Gasteiger partial charge in [0.1, 0.15) is 0 Å². The van der Waals surface area contributed by atoms with Crippen LogP contribution in [0.2, 0.25) is 0 Å². The standard InChI is InChI=1S/C22H33N3O2/c1-16(2)25(18-11-5-6-12-18)15-21(26)24-20-14-8-7-13-19(20)22(27)23-17-9-3-4-10-17/h7-8,13-14,16-18H,3-6,9-12,15H2,1-2H3,(H,23,27)(H,24,26). The fourth-order valence-electron chi connectivity index (χ4n) is 4.45. The van der Waals surface area contributed by atoms with Crippen LogP contribution in [0.25, 0.3) is 0 Å². The summed E-state index contributed by atoms with van der Waals surface area (Å²) >= 11 is 0. The Kier molecular flexibility index (Phi) is 6.89. The highest BCUT2D eigenvalue weighted by Crippen LogP contribution is 2.25. The van der Waals surface area contributed by atoms with Crippen LogP contribution in [-0.4, -0.2) is 41.4 Å². The fraction of sp³-hybridized carbons (Fsp3) is 0.636. The van der Waals surface area contributed by atoms with E-state index in [-0.39, 0.29) is 17.9 Å². The Balaban J connectivity index is 1.63. The van der Waals surface area contributed by atoms with Gasteiger partial charge in [0, 0.05) is 18.1 Å². The maximum Gasteiger partial charge on any atom is 0.253 e. The summed E-state index contributed by atoms with van der Waals surface area (Å²) in [5, 5.41) is 6.10. The second-order valence-electron chi connectivity index (χ2n) is 8.25. The number of carbonyl (C=O) groups excluding carboxylic acids is 2. The molecule has 2 aliphatic carbocycles. The monoisotopic (exact) mass is 371 g/mol. The molecule has 1 aromatic carbocycles. The van der Waals surface area contributed by atoms with Gasteiger partial charge in [0.15, 0.2) is 0 Å². The van der Waals surface area contributed by atoms with Crippen molar-refractivity contribution in [2.75, 3.05) is 11.9 Å². The summed E-state index contributed by atoms with van der Waals surface area (Å²) in [6.45, 7) is 4.67. The average molecular weight is 372 g/mol. The first-order valence-electron chi connectivity index (χ1n) is 10.5. The molecule has 0 aromatic heterocycles. The molecule has 2 fully saturated rings. The molecule has 2 N–H and O–H groups in total. The molecule has 0 spiro atoms. The molecular formula is C22H33N3O2. The topological polar surface area (TPSA) is 61.4 Å². The maximum atomic E-state index is 12.7. The number of hydrogen-bond donors (Lipinski definition) is 2. The van der Waals surface area contributed by atoms with Gasteiger partial charge >= 0.3 is 0 Å². The first kappa shape index (κ1) is 19.9. The highest BCUT2D eigenvalue weighted by Gasteiger charge is 2.27. The van der Waals surface area contributed by atoms with Gasteiger partial charge in [0.05, 0.1) is 17.8 Å². The van der Waals surface area contributed by atoms with E-state index in [1.807, 2.05) is 18.2 Å². The molecule has 3 rings (SSSR count). The highest BCUT2D eigenvalue weighted by molar-refractivity contribution is 6.04. The van der Waals surface area contributed by atoms with E-state index in [9.17, 15) is 9.59 Å². The first-order chi connectivity index (χ1) is 13.0. The molecule has 5 nitrogen and oxygen atoms in total. The van der Waals surface area contributed by atoms with Gasteiger partial charge in [-0.1, -0.05) is 37.8 Å². The molecule has 0 unspecified atom stereocenters. The van der Waals surface area contributed by atoms with Crippen LogP contribution < -0.4 is 10.6 Å². The van der Waals surface area contributed by atoms with Crippen LogP contribution >= 0.6 is 0 Å². The van der Waals surface area contributed by atoms with Crippen molar-refractivity contribution in [2.45, 2.75) is 83.3 Å². The van der Waals surface area contributed by atoms with Crippen molar-refractivity contribution in [3.63, 3.8) is 0 Å². The molecular weight excluding hydrogens is 338 g/mol. The zero-order chi connectivity index (χ0) is 19.2. The van der Waals surface area contributed by atoms with Gasteiger partial charge in [-0.3, -0.25) is 14.5 Å². The van der Waals surface area contributed by atoms with Crippen molar-refractivity contribution < 1.29 is 9.59 Å². The van der Waals surface area contributed by atoms with Crippen LogP contribution in [0.4, 0.5) is 5.69 Å². The summed E-state index contributed by atoms with van der Waals surface area (Å²) in [5.74, 6) is -0.133. The summed E-state index contributed by atoms with van der Waals surface area (Å²) in [6, 6.07) is 8.40. The van der Waals surface area contributed by atoms with Crippen LogP contribution in [0.15, 0.2) is 24.3 Å². The minimum Gasteiger partial charge on any atom is -0.349 e. The van der Waals surface area contributed by atoms with Crippen molar-refractivity contribution in [1.82, 2.24) is 10.2 Å². The molecule has 148 valence electrons. The Hall–Kier alpha value is -1.88. The number of carbonyl (C=O) groups is 2. The van der Waals surface area contributed by atoms with E-state index in [4.69, 9.17) is 0 Å². The van der Waals surface area contributed by atoms with Crippen LogP contribution in [0.1, 0.15) is 75.6 Å². The number of nitrogens with one attached hydrogen (secondary N) is 2.